The van der Waals surface area contributed by atoms with Crippen LogP contribution in [0.1, 0.15) is 11.1 Å². The lowest BCUT2D eigenvalue weighted by Gasteiger charge is -2.16. The normalized spacial score (nSPS) is 13.7. The summed E-state index contributed by atoms with van der Waals surface area (Å²) < 4.78 is 18.8. The first kappa shape index (κ1) is 20.6. The Balaban J connectivity index is 1.82. The van der Waals surface area contributed by atoms with Gasteiger partial charge in [0.05, 0.1) is 23.4 Å². The third-order valence-corrected chi connectivity index (χ3v) is 5.20. The Labute approximate surface area is 183 Å². The van der Waals surface area contributed by atoms with E-state index in [1.54, 1.807) is 37.4 Å². The summed E-state index contributed by atoms with van der Waals surface area (Å²) >= 11 is 5.89. The first-order valence-electron chi connectivity index (χ1n) is 9.45. The van der Waals surface area contributed by atoms with Crippen LogP contribution in [0.25, 0.3) is 5.57 Å². The molecule has 156 valence electrons. The first-order chi connectivity index (χ1) is 14.9. The molecule has 3 aromatic rings. The molecule has 4 rings (SSSR count). The quantitative estimate of drug-likeness (QED) is 0.559. The van der Waals surface area contributed by atoms with Crippen LogP contribution in [0.3, 0.4) is 0 Å². The molecule has 1 heterocycles. The lowest BCUT2D eigenvalue weighted by molar-refractivity contribution is -0.120. The summed E-state index contributed by atoms with van der Waals surface area (Å²) in [4.78, 5) is 27.7. The van der Waals surface area contributed by atoms with Gasteiger partial charge >= 0.3 is 0 Å². The molecule has 0 bridgehead atoms. The number of aryl methyl sites for hydroxylation is 1. The average Bonchev–Trinajstić information content (AvgIpc) is 3.00. The van der Waals surface area contributed by atoms with Gasteiger partial charge in [-0.3, -0.25) is 9.59 Å². The van der Waals surface area contributed by atoms with Crippen molar-refractivity contribution in [3.8, 4) is 5.75 Å². The molecule has 31 heavy (non-hydrogen) atoms. The molecule has 1 aliphatic rings. The van der Waals surface area contributed by atoms with Crippen LogP contribution in [0.5, 0.6) is 5.75 Å². The van der Waals surface area contributed by atoms with Crippen molar-refractivity contribution in [2.45, 2.75) is 6.92 Å². The van der Waals surface area contributed by atoms with Gasteiger partial charge in [-0.05, 0) is 60.5 Å². The number of amides is 2. The highest BCUT2D eigenvalue weighted by Gasteiger charge is 2.40. The second-order valence-electron chi connectivity index (χ2n) is 7.02. The molecular weight excluding hydrogens is 419 g/mol. The molecule has 1 N–H and O–H groups in total. The molecule has 0 aliphatic carbocycles. The third kappa shape index (κ3) is 3.90. The van der Waals surface area contributed by atoms with Gasteiger partial charge in [0.2, 0.25) is 0 Å². The molecule has 0 saturated carbocycles. The van der Waals surface area contributed by atoms with E-state index < -0.39 is 17.6 Å². The minimum Gasteiger partial charge on any atom is -0.497 e. The molecule has 7 heteroatoms. The van der Waals surface area contributed by atoms with Gasteiger partial charge in [-0.2, -0.15) is 0 Å². The molecule has 0 spiro atoms. The summed E-state index contributed by atoms with van der Waals surface area (Å²) in [6.07, 6.45) is 0. The van der Waals surface area contributed by atoms with E-state index in [4.69, 9.17) is 16.3 Å². The van der Waals surface area contributed by atoms with Crippen molar-refractivity contribution in [1.29, 1.82) is 0 Å². The van der Waals surface area contributed by atoms with Gasteiger partial charge in [-0.25, -0.2) is 9.29 Å². The van der Waals surface area contributed by atoms with E-state index in [1.165, 1.54) is 12.1 Å². The maximum absolute atomic E-state index is 13.6. The van der Waals surface area contributed by atoms with Gasteiger partial charge in [-0.1, -0.05) is 35.9 Å². The van der Waals surface area contributed by atoms with Crippen molar-refractivity contribution in [2.24, 2.45) is 0 Å². The Bertz CT molecular complexity index is 1220. The Morgan fingerprint density at radius 3 is 2.35 bits per heavy atom. The first-order valence-corrected chi connectivity index (χ1v) is 9.83. The number of ether oxygens (including phenoxy) is 1. The largest absolute Gasteiger partial charge is 0.497 e. The van der Waals surface area contributed by atoms with Gasteiger partial charge in [0.1, 0.15) is 17.3 Å². The lowest BCUT2D eigenvalue weighted by Crippen LogP contribution is -2.32. The van der Waals surface area contributed by atoms with Crippen LogP contribution in [-0.2, 0) is 9.59 Å². The number of rotatable bonds is 5. The van der Waals surface area contributed by atoms with Crippen molar-refractivity contribution in [1.82, 2.24) is 0 Å². The summed E-state index contributed by atoms with van der Waals surface area (Å²) in [5.74, 6) is -1.10. The number of benzene rings is 3. The average molecular weight is 437 g/mol. The molecule has 0 unspecified atom stereocenters. The lowest BCUT2D eigenvalue weighted by atomic mass is 10.0. The van der Waals surface area contributed by atoms with Crippen molar-refractivity contribution in [2.75, 3.05) is 17.3 Å². The van der Waals surface area contributed by atoms with Crippen LogP contribution in [0, 0.1) is 12.7 Å². The molecule has 5 nitrogen and oxygen atoms in total. The number of carbonyl (C=O) groups is 2. The smallest absolute Gasteiger partial charge is 0.282 e. The van der Waals surface area contributed by atoms with Crippen molar-refractivity contribution >= 4 is 40.4 Å². The highest BCUT2D eigenvalue weighted by Crippen LogP contribution is 2.35. The molecule has 2 amide bonds. The number of hydrogen-bond acceptors (Lipinski definition) is 4. The summed E-state index contributed by atoms with van der Waals surface area (Å²) in [6, 6.07) is 18.0. The Morgan fingerprint density at radius 1 is 0.968 bits per heavy atom. The van der Waals surface area contributed by atoms with Crippen LogP contribution in [-0.4, -0.2) is 18.9 Å². The van der Waals surface area contributed by atoms with Crippen molar-refractivity contribution in [3.63, 3.8) is 0 Å². The summed E-state index contributed by atoms with van der Waals surface area (Å²) in [6.45, 7) is 1.93. The monoisotopic (exact) mass is 436 g/mol. The van der Waals surface area contributed by atoms with Crippen molar-refractivity contribution in [3.05, 3.63) is 94.4 Å². The van der Waals surface area contributed by atoms with E-state index in [1.807, 2.05) is 25.1 Å². The molecule has 0 atom stereocenters. The predicted octanol–water partition coefficient (Wildman–Crippen LogP) is 5.19. The highest BCUT2D eigenvalue weighted by molar-refractivity contribution is 6.46. The van der Waals surface area contributed by atoms with E-state index in [2.05, 4.69) is 5.32 Å². The number of halogens is 2. The number of methoxy groups -OCH3 is 1. The zero-order chi connectivity index (χ0) is 22.1. The standard InChI is InChI=1S/C24H18ClFN2O3/c1-14-4-3-5-16(12-14)27-22-21(15-6-9-18(31-2)10-7-15)23(29)28(24(22)30)17-8-11-20(26)19(25)13-17/h3-13,27H,1-2H3. The molecule has 0 fully saturated rings. The summed E-state index contributed by atoms with van der Waals surface area (Å²) in [7, 11) is 1.54. The number of carbonyl (C=O) groups excluding carboxylic acids is 2. The van der Waals surface area contributed by atoms with Gasteiger partial charge in [0.25, 0.3) is 11.8 Å². The van der Waals surface area contributed by atoms with E-state index in [0.29, 0.717) is 17.0 Å². The van der Waals surface area contributed by atoms with Gasteiger partial charge < -0.3 is 10.1 Å². The second kappa shape index (κ2) is 8.24. The fourth-order valence-corrected chi connectivity index (χ4v) is 3.57. The molecule has 0 aromatic heterocycles. The maximum atomic E-state index is 13.6. The van der Waals surface area contributed by atoms with E-state index in [9.17, 15) is 14.0 Å². The van der Waals surface area contributed by atoms with Crippen molar-refractivity contribution < 1.29 is 18.7 Å². The van der Waals surface area contributed by atoms with E-state index >= 15 is 0 Å². The van der Waals surface area contributed by atoms with Gasteiger partial charge in [0.15, 0.2) is 0 Å². The number of anilines is 2. The Hall–Kier alpha value is -3.64. The zero-order valence-corrected chi connectivity index (χ0v) is 17.5. The zero-order valence-electron chi connectivity index (χ0n) is 16.8. The molecule has 0 radical (unpaired) electrons. The Morgan fingerprint density at radius 2 is 1.71 bits per heavy atom. The van der Waals surface area contributed by atoms with Crippen LogP contribution in [0.15, 0.2) is 72.4 Å². The third-order valence-electron chi connectivity index (χ3n) is 4.91. The van der Waals surface area contributed by atoms with Crippen LogP contribution < -0.4 is 15.0 Å². The van der Waals surface area contributed by atoms with E-state index in [-0.39, 0.29) is 22.0 Å². The Kier molecular flexibility index (Phi) is 5.48. The minimum atomic E-state index is -0.633. The van der Waals surface area contributed by atoms with Gasteiger partial charge in [0, 0.05) is 5.69 Å². The summed E-state index contributed by atoms with van der Waals surface area (Å²) in [5.41, 5.74) is 2.73. The fraction of sp³-hybridized carbons (Fsp3) is 0.0833. The number of hydrogen-bond donors (Lipinski definition) is 1. The number of nitrogens with one attached hydrogen (secondary N) is 1. The van der Waals surface area contributed by atoms with Crippen LogP contribution in [0.4, 0.5) is 15.8 Å². The van der Waals surface area contributed by atoms with E-state index in [0.717, 1.165) is 16.5 Å². The predicted molar refractivity (Wildman–Crippen MR) is 119 cm³/mol. The highest BCUT2D eigenvalue weighted by atomic mass is 35.5. The second-order valence-corrected chi connectivity index (χ2v) is 7.42. The maximum Gasteiger partial charge on any atom is 0.282 e. The number of imide groups is 1. The molecule has 0 saturated heterocycles. The molecule has 3 aromatic carbocycles. The van der Waals surface area contributed by atoms with Crippen LogP contribution >= 0.6 is 11.6 Å². The number of nitrogens with zero attached hydrogens (tertiary/aromatic N) is 1. The SMILES string of the molecule is COc1ccc(C2=C(Nc3cccc(C)c3)C(=O)N(c3ccc(F)c(Cl)c3)C2=O)cc1. The molecule has 1 aliphatic heterocycles. The van der Waals surface area contributed by atoms with Crippen LogP contribution in [0.2, 0.25) is 5.02 Å². The summed E-state index contributed by atoms with van der Waals surface area (Å²) in [5, 5.41) is 2.92. The van der Waals surface area contributed by atoms with Gasteiger partial charge in [-0.15, -0.1) is 0 Å². The topological polar surface area (TPSA) is 58.6 Å². The minimum absolute atomic E-state index is 0.126. The fourth-order valence-electron chi connectivity index (χ4n) is 3.40. The molecular formula is C24H18ClFN2O3.